The average molecular weight is 357 g/mol. The smallest absolute Gasteiger partial charge is 0.193 e. The molecule has 0 aliphatic carbocycles. The lowest BCUT2D eigenvalue weighted by molar-refractivity contribution is 0.297. The first-order chi connectivity index (χ1) is 12.2. The van der Waals surface area contributed by atoms with Crippen LogP contribution < -0.4 is 20.5 Å². The maximum Gasteiger partial charge on any atom is 0.193 e. The number of aliphatic imine (C=N–C) groups is 1. The standard InChI is InChI=1S/C19H23N3O2S/c1-25-13-15-5-3-14(4-6-15)12-21-19(20)22-16-7-8-17-18(11-16)24-10-2-9-23-17/h3-8,11H,2,9-10,12-13H2,1H3,(H3,20,21,22). The molecule has 25 heavy (non-hydrogen) atoms. The molecule has 0 saturated heterocycles. The van der Waals surface area contributed by atoms with Crippen LogP contribution in [0, 0.1) is 0 Å². The Balaban J connectivity index is 1.60. The van der Waals surface area contributed by atoms with Gasteiger partial charge in [-0.05, 0) is 29.5 Å². The molecule has 3 N–H and O–H groups in total. The van der Waals surface area contributed by atoms with Crippen molar-refractivity contribution in [2.75, 3.05) is 24.8 Å². The van der Waals surface area contributed by atoms with E-state index in [0.717, 1.165) is 34.9 Å². The van der Waals surface area contributed by atoms with Crippen LogP contribution in [0.5, 0.6) is 11.5 Å². The summed E-state index contributed by atoms with van der Waals surface area (Å²) in [7, 11) is 0. The average Bonchev–Trinajstić information content (AvgIpc) is 2.86. The molecule has 0 atom stereocenters. The molecule has 6 heteroatoms. The summed E-state index contributed by atoms with van der Waals surface area (Å²) < 4.78 is 11.3. The van der Waals surface area contributed by atoms with E-state index in [1.807, 2.05) is 30.0 Å². The molecule has 0 saturated carbocycles. The van der Waals surface area contributed by atoms with Gasteiger partial charge >= 0.3 is 0 Å². The number of hydrogen-bond acceptors (Lipinski definition) is 4. The number of hydrogen-bond donors (Lipinski definition) is 2. The van der Waals surface area contributed by atoms with Gasteiger partial charge in [-0.3, -0.25) is 0 Å². The Morgan fingerprint density at radius 1 is 1.08 bits per heavy atom. The third-order valence-electron chi connectivity index (χ3n) is 3.79. The molecular weight excluding hydrogens is 334 g/mol. The molecule has 2 aromatic rings. The number of nitrogens with one attached hydrogen (secondary N) is 1. The van der Waals surface area contributed by atoms with Gasteiger partial charge < -0.3 is 20.5 Å². The Labute approximate surface area is 152 Å². The van der Waals surface area contributed by atoms with Crippen LogP contribution in [0.4, 0.5) is 5.69 Å². The van der Waals surface area contributed by atoms with Crippen molar-refractivity contribution in [1.82, 2.24) is 0 Å². The van der Waals surface area contributed by atoms with Crippen molar-refractivity contribution in [2.45, 2.75) is 18.7 Å². The molecule has 0 unspecified atom stereocenters. The minimum atomic E-state index is 0.377. The first-order valence-electron chi connectivity index (χ1n) is 8.28. The Morgan fingerprint density at radius 2 is 1.80 bits per heavy atom. The molecule has 5 nitrogen and oxygen atoms in total. The predicted molar refractivity (Wildman–Crippen MR) is 105 cm³/mol. The summed E-state index contributed by atoms with van der Waals surface area (Å²) in [6.45, 7) is 1.88. The highest BCUT2D eigenvalue weighted by molar-refractivity contribution is 7.97. The van der Waals surface area contributed by atoms with E-state index in [2.05, 4.69) is 40.8 Å². The van der Waals surface area contributed by atoms with Gasteiger partial charge in [-0.1, -0.05) is 24.3 Å². The molecule has 2 aromatic carbocycles. The first kappa shape index (κ1) is 17.5. The number of nitrogens with zero attached hydrogens (tertiary/aromatic N) is 1. The topological polar surface area (TPSA) is 68.9 Å². The zero-order valence-corrected chi connectivity index (χ0v) is 15.1. The molecule has 132 valence electrons. The van der Waals surface area contributed by atoms with Crippen LogP contribution in [0.2, 0.25) is 0 Å². The first-order valence-corrected chi connectivity index (χ1v) is 9.67. The minimum Gasteiger partial charge on any atom is -0.490 e. The van der Waals surface area contributed by atoms with Gasteiger partial charge in [0, 0.05) is 23.9 Å². The Bertz CT molecular complexity index is 732. The van der Waals surface area contributed by atoms with Gasteiger partial charge in [0.05, 0.1) is 19.8 Å². The van der Waals surface area contributed by atoms with Gasteiger partial charge in [-0.25, -0.2) is 4.99 Å². The van der Waals surface area contributed by atoms with Crippen LogP contribution >= 0.6 is 11.8 Å². The summed E-state index contributed by atoms with van der Waals surface area (Å²) in [6.07, 6.45) is 2.99. The molecule has 0 amide bonds. The number of guanidine groups is 1. The molecule has 1 heterocycles. The van der Waals surface area contributed by atoms with Gasteiger partial charge in [-0.2, -0.15) is 11.8 Å². The molecule has 0 radical (unpaired) electrons. The van der Waals surface area contributed by atoms with Gasteiger partial charge in [0.25, 0.3) is 0 Å². The number of thioether (sulfide) groups is 1. The summed E-state index contributed by atoms with van der Waals surface area (Å²) in [5.74, 6) is 2.91. The molecule has 1 aliphatic heterocycles. The highest BCUT2D eigenvalue weighted by Gasteiger charge is 2.10. The number of fused-ring (bicyclic) bond motifs is 1. The van der Waals surface area contributed by atoms with Crippen LogP contribution in [0.3, 0.4) is 0 Å². The lowest BCUT2D eigenvalue weighted by atomic mass is 10.1. The van der Waals surface area contributed by atoms with Crippen LogP contribution in [-0.4, -0.2) is 25.4 Å². The molecule has 1 aliphatic rings. The van der Waals surface area contributed by atoms with Gasteiger partial charge in [0.15, 0.2) is 17.5 Å². The van der Waals surface area contributed by atoms with Crippen molar-refractivity contribution >= 4 is 23.4 Å². The fourth-order valence-corrected chi connectivity index (χ4v) is 3.04. The molecule has 0 bridgehead atoms. The van der Waals surface area contributed by atoms with E-state index < -0.39 is 0 Å². The van der Waals surface area contributed by atoms with E-state index in [9.17, 15) is 0 Å². The van der Waals surface area contributed by atoms with E-state index in [-0.39, 0.29) is 0 Å². The van der Waals surface area contributed by atoms with Crippen molar-refractivity contribution in [1.29, 1.82) is 0 Å². The van der Waals surface area contributed by atoms with Crippen LogP contribution in [0.15, 0.2) is 47.5 Å². The zero-order valence-electron chi connectivity index (χ0n) is 14.3. The Hall–Kier alpha value is -2.34. The Kier molecular flexibility index (Phi) is 6.06. The largest absolute Gasteiger partial charge is 0.490 e. The quantitative estimate of drug-likeness (QED) is 0.632. The van der Waals surface area contributed by atoms with Crippen LogP contribution in [0.25, 0.3) is 0 Å². The summed E-state index contributed by atoms with van der Waals surface area (Å²) in [6, 6.07) is 14.1. The summed E-state index contributed by atoms with van der Waals surface area (Å²) in [5, 5.41) is 3.10. The molecule has 0 spiro atoms. The monoisotopic (exact) mass is 357 g/mol. The van der Waals surface area contributed by atoms with E-state index >= 15 is 0 Å². The molecule has 0 fully saturated rings. The summed E-state index contributed by atoms with van der Waals surface area (Å²) in [4.78, 5) is 4.40. The Morgan fingerprint density at radius 3 is 2.56 bits per heavy atom. The van der Waals surface area contributed by atoms with Gasteiger partial charge in [0.2, 0.25) is 0 Å². The molecule has 0 aromatic heterocycles. The van der Waals surface area contributed by atoms with E-state index in [1.165, 1.54) is 5.56 Å². The van der Waals surface area contributed by atoms with E-state index in [0.29, 0.717) is 25.7 Å². The number of benzene rings is 2. The van der Waals surface area contributed by atoms with Crippen molar-refractivity contribution in [3.63, 3.8) is 0 Å². The molecular formula is C19H23N3O2S. The number of nitrogens with two attached hydrogens (primary N) is 1. The second kappa shape index (κ2) is 8.67. The normalized spacial score (nSPS) is 14.0. The molecule has 3 rings (SSSR count). The second-order valence-corrected chi connectivity index (χ2v) is 6.65. The lowest BCUT2D eigenvalue weighted by Gasteiger charge is -2.10. The van der Waals surface area contributed by atoms with Crippen molar-refractivity contribution < 1.29 is 9.47 Å². The third kappa shape index (κ3) is 5.06. The maximum absolute atomic E-state index is 6.00. The zero-order chi connectivity index (χ0) is 17.5. The third-order valence-corrected chi connectivity index (χ3v) is 4.41. The number of rotatable bonds is 5. The number of anilines is 1. The van der Waals surface area contributed by atoms with Crippen LogP contribution in [-0.2, 0) is 12.3 Å². The minimum absolute atomic E-state index is 0.377. The number of ether oxygens (including phenoxy) is 2. The highest BCUT2D eigenvalue weighted by atomic mass is 32.2. The highest BCUT2D eigenvalue weighted by Crippen LogP contribution is 2.32. The van der Waals surface area contributed by atoms with Gasteiger partial charge in [-0.15, -0.1) is 0 Å². The maximum atomic E-state index is 6.00. The summed E-state index contributed by atoms with van der Waals surface area (Å²) in [5.41, 5.74) is 9.29. The van der Waals surface area contributed by atoms with Crippen LogP contribution in [0.1, 0.15) is 17.5 Å². The van der Waals surface area contributed by atoms with Crippen molar-refractivity contribution in [3.8, 4) is 11.5 Å². The summed E-state index contributed by atoms with van der Waals surface area (Å²) >= 11 is 1.81. The van der Waals surface area contributed by atoms with Crippen molar-refractivity contribution in [3.05, 3.63) is 53.6 Å². The lowest BCUT2D eigenvalue weighted by Crippen LogP contribution is -2.22. The van der Waals surface area contributed by atoms with E-state index in [1.54, 1.807) is 0 Å². The fraction of sp³-hybridized carbons (Fsp3) is 0.316. The fourth-order valence-electron chi connectivity index (χ4n) is 2.51. The van der Waals surface area contributed by atoms with Crippen molar-refractivity contribution in [2.24, 2.45) is 10.7 Å². The SMILES string of the molecule is CSCc1ccc(CN=C(N)Nc2ccc3c(c2)OCCCO3)cc1. The van der Waals surface area contributed by atoms with E-state index in [4.69, 9.17) is 15.2 Å². The van der Waals surface area contributed by atoms with Gasteiger partial charge in [0.1, 0.15) is 0 Å². The predicted octanol–water partition coefficient (Wildman–Crippen LogP) is 3.64. The second-order valence-electron chi connectivity index (χ2n) is 5.79.